The number of methoxy groups -OCH3 is 1. The number of rotatable bonds is 4. The number of carbonyl (C=O) groups excluding carboxylic acids is 1. The molecular weight excluding hydrogens is 395 g/mol. The maximum Gasteiger partial charge on any atom is 0.258 e. The molecule has 1 amide bonds. The highest BCUT2D eigenvalue weighted by atomic mass is 79.9. The van der Waals surface area contributed by atoms with Crippen LogP contribution in [0.3, 0.4) is 0 Å². The molecule has 3 aromatic rings. The molecule has 0 atom stereocenters. The van der Waals surface area contributed by atoms with Gasteiger partial charge in [-0.1, -0.05) is 0 Å². The highest BCUT2D eigenvalue weighted by molar-refractivity contribution is 9.10. The third kappa shape index (κ3) is 3.63. The fraction of sp³-hybridized carbons (Fsp3) is 0.0588. The van der Waals surface area contributed by atoms with Gasteiger partial charge in [0, 0.05) is 15.4 Å². The van der Waals surface area contributed by atoms with Crippen molar-refractivity contribution in [3.8, 4) is 17.0 Å². The monoisotopic (exact) mass is 406 g/mol. The predicted molar refractivity (Wildman–Crippen MR) is 96.2 cm³/mol. The van der Waals surface area contributed by atoms with Crippen molar-refractivity contribution in [2.75, 3.05) is 12.4 Å². The van der Waals surface area contributed by atoms with E-state index in [0.29, 0.717) is 15.2 Å². The van der Waals surface area contributed by atoms with Crippen LogP contribution >= 0.6 is 27.3 Å². The first-order chi connectivity index (χ1) is 11.6. The third-order valence-corrected chi connectivity index (χ3v) is 4.70. The number of halogens is 2. The van der Waals surface area contributed by atoms with Crippen LogP contribution in [-0.4, -0.2) is 18.0 Å². The minimum atomic E-state index is -0.408. The fourth-order valence-electron chi connectivity index (χ4n) is 2.06. The van der Waals surface area contributed by atoms with Gasteiger partial charge in [0.1, 0.15) is 11.6 Å². The Morgan fingerprint density at radius 1 is 1.25 bits per heavy atom. The molecule has 0 aliphatic rings. The fourth-order valence-corrected chi connectivity index (χ4v) is 3.31. The van der Waals surface area contributed by atoms with Crippen molar-refractivity contribution in [1.82, 2.24) is 4.98 Å². The minimum absolute atomic E-state index is 0.345. The van der Waals surface area contributed by atoms with Crippen LogP contribution in [0.15, 0.2) is 52.3 Å². The molecule has 0 aliphatic carbocycles. The van der Waals surface area contributed by atoms with Gasteiger partial charge in [-0.2, -0.15) is 0 Å². The van der Waals surface area contributed by atoms with Gasteiger partial charge < -0.3 is 4.74 Å². The van der Waals surface area contributed by atoms with Crippen molar-refractivity contribution in [2.45, 2.75) is 0 Å². The second-order valence-corrected chi connectivity index (χ2v) is 6.56. The quantitative estimate of drug-likeness (QED) is 0.664. The van der Waals surface area contributed by atoms with E-state index in [9.17, 15) is 9.18 Å². The van der Waals surface area contributed by atoms with Gasteiger partial charge in [0.15, 0.2) is 5.13 Å². The minimum Gasteiger partial charge on any atom is -0.497 e. The first kappa shape index (κ1) is 16.6. The summed E-state index contributed by atoms with van der Waals surface area (Å²) in [5.41, 5.74) is 2.03. The summed E-state index contributed by atoms with van der Waals surface area (Å²) in [4.78, 5) is 16.7. The van der Waals surface area contributed by atoms with E-state index >= 15 is 0 Å². The zero-order valence-electron chi connectivity index (χ0n) is 12.5. The summed E-state index contributed by atoms with van der Waals surface area (Å²) in [5.74, 6) is 0.00985. The Morgan fingerprint density at radius 2 is 2.00 bits per heavy atom. The van der Waals surface area contributed by atoms with E-state index in [4.69, 9.17) is 4.74 Å². The number of anilines is 1. The lowest BCUT2D eigenvalue weighted by atomic mass is 10.2. The van der Waals surface area contributed by atoms with Crippen molar-refractivity contribution in [2.24, 2.45) is 0 Å². The van der Waals surface area contributed by atoms with Crippen molar-refractivity contribution >= 4 is 38.3 Å². The predicted octanol–water partition coefficient (Wildman–Crippen LogP) is 4.97. The summed E-state index contributed by atoms with van der Waals surface area (Å²) < 4.78 is 18.6. The van der Waals surface area contributed by atoms with Gasteiger partial charge in [-0.3, -0.25) is 10.1 Å². The summed E-state index contributed by atoms with van der Waals surface area (Å²) in [6, 6.07) is 11.4. The lowest BCUT2D eigenvalue weighted by molar-refractivity contribution is 0.102. The van der Waals surface area contributed by atoms with Gasteiger partial charge in [0.2, 0.25) is 0 Å². The van der Waals surface area contributed by atoms with Crippen LogP contribution < -0.4 is 10.1 Å². The third-order valence-electron chi connectivity index (χ3n) is 3.29. The van der Waals surface area contributed by atoms with Crippen molar-refractivity contribution in [1.29, 1.82) is 0 Å². The average Bonchev–Trinajstić information content (AvgIpc) is 3.03. The molecule has 0 spiro atoms. The maximum absolute atomic E-state index is 13.1. The summed E-state index contributed by atoms with van der Waals surface area (Å²) in [6.45, 7) is 0. The molecule has 24 heavy (non-hydrogen) atoms. The highest BCUT2D eigenvalue weighted by Crippen LogP contribution is 2.27. The van der Waals surface area contributed by atoms with Crippen LogP contribution in [0, 0.1) is 5.82 Å². The van der Waals surface area contributed by atoms with E-state index in [2.05, 4.69) is 26.2 Å². The van der Waals surface area contributed by atoms with E-state index in [1.807, 2.05) is 29.6 Å². The summed E-state index contributed by atoms with van der Waals surface area (Å²) in [5, 5.41) is 5.05. The first-order valence-electron chi connectivity index (χ1n) is 6.93. The molecule has 0 saturated carbocycles. The molecule has 7 heteroatoms. The Balaban J connectivity index is 1.76. The van der Waals surface area contributed by atoms with Gasteiger partial charge in [-0.15, -0.1) is 11.3 Å². The Hall–Kier alpha value is -2.25. The SMILES string of the molecule is COc1ccc(-c2csc(NC(=O)c3ccc(F)cc3Br)n2)cc1. The van der Waals surface area contributed by atoms with Crippen LogP contribution in [0.4, 0.5) is 9.52 Å². The van der Waals surface area contributed by atoms with Gasteiger partial charge in [-0.05, 0) is 58.4 Å². The average molecular weight is 407 g/mol. The summed E-state index contributed by atoms with van der Waals surface area (Å²) >= 11 is 4.51. The smallest absolute Gasteiger partial charge is 0.258 e. The Labute approximate surface area is 150 Å². The van der Waals surface area contributed by atoms with Crippen LogP contribution in [0.25, 0.3) is 11.3 Å². The van der Waals surface area contributed by atoms with E-state index < -0.39 is 5.82 Å². The molecule has 122 valence electrons. The van der Waals surface area contributed by atoms with Crippen molar-refractivity contribution in [3.05, 3.63) is 63.7 Å². The van der Waals surface area contributed by atoms with Crippen LogP contribution in [0.2, 0.25) is 0 Å². The normalized spacial score (nSPS) is 10.5. The number of aromatic nitrogens is 1. The number of thiazole rings is 1. The number of nitrogens with one attached hydrogen (secondary N) is 1. The molecule has 3 rings (SSSR count). The van der Waals surface area contributed by atoms with Gasteiger partial charge >= 0.3 is 0 Å². The Kier molecular flexibility index (Phi) is 4.92. The lowest BCUT2D eigenvalue weighted by Gasteiger charge is -2.04. The molecule has 0 aliphatic heterocycles. The van der Waals surface area contributed by atoms with Crippen LogP contribution in [0.1, 0.15) is 10.4 Å². The summed E-state index contributed by atoms with van der Waals surface area (Å²) in [7, 11) is 1.61. The standard InChI is InChI=1S/C17H12BrFN2O2S/c1-23-12-5-2-10(3-6-12)15-9-24-17(20-15)21-16(22)13-7-4-11(19)8-14(13)18/h2-9H,1H3,(H,20,21,22). The molecule has 1 heterocycles. The molecular formula is C17H12BrFN2O2S. The van der Waals surface area contributed by atoms with E-state index in [1.54, 1.807) is 7.11 Å². The molecule has 0 bridgehead atoms. The van der Waals surface area contributed by atoms with E-state index in [1.165, 1.54) is 29.5 Å². The Bertz CT molecular complexity index is 881. The number of nitrogens with zero attached hydrogens (tertiary/aromatic N) is 1. The molecule has 1 aromatic heterocycles. The number of hydrogen-bond donors (Lipinski definition) is 1. The summed E-state index contributed by atoms with van der Waals surface area (Å²) in [6.07, 6.45) is 0. The molecule has 0 fully saturated rings. The van der Waals surface area contributed by atoms with Crippen molar-refractivity contribution < 1.29 is 13.9 Å². The van der Waals surface area contributed by atoms with Gasteiger partial charge in [-0.25, -0.2) is 9.37 Å². The zero-order chi connectivity index (χ0) is 17.1. The second-order valence-electron chi connectivity index (χ2n) is 4.84. The highest BCUT2D eigenvalue weighted by Gasteiger charge is 2.13. The lowest BCUT2D eigenvalue weighted by Crippen LogP contribution is -2.12. The van der Waals surface area contributed by atoms with E-state index in [0.717, 1.165) is 17.0 Å². The first-order valence-corrected chi connectivity index (χ1v) is 8.60. The number of ether oxygens (including phenoxy) is 1. The van der Waals surface area contributed by atoms with E-state index in [-0.39, 0.29) is 5.91 Å². The number of benzene rings is 2. The molecule has 2 aromatic carbocycles. The van der Waals surface area contributed by atoms with Crippen LogP contribution in [-0.2, 0) is 0 Å². The second kappa shape index (κ2) is 7.11. The maximum atomic E-state index is 13.1. The molecule has 0 saturated heterocycles. The van der Waals surface area contributed by atoms with Gasteiger partial charge in [0.25, 0.3) is 5.91 Å². The number of amides is 1. The Morgan fingerprint density at radius 3 is 2.67 bits per heavy atom. The largest absolute Gasteiger partial charge is 0.497 e. The molecule has 0 unspecified atom stereocenters. The molecule has 1 N–H and O–H groups in total. The molecule has 0 radical (unpaired) electrons. The topological polar surface area (TPSA) is 51.2 Å². The van der Waals surface area contributed by atoms with Gasteiger partial charge in [0.05, 0.1) is 18.4 Å². The zero-order valence-corrected chi connectivity index (χ0v) is 14.9. The number of hydrogen-bond acceptors (Lipinski definition) is 4. The van der Waals surface area contributed by atoms with Crippen LogP contribution in [0.5, 0.6) is 5.75 Å². The molecule has 4 nitrogen and oxygen atoms in total. The van der Waals surface area contributed by atoms with Crippen molar-refractivity contribution in [3.63, 3.8) is 0 Å². The number of carbonyl (C=O) groups is 1.